The van der Waals surface area contributed by atoms with Gasteiger partial charge in [0.15, 0.2) is 0 Å². The van der Waals surface area contributed by atoms with Gasteiger partial charge in [-0.1, -0.05) is 182 Å². The lowest BCUT2D eigenvalue weighted by atomic mass is 9.91. The van der Waals surface area contributed by atoms with Crippen LogP contribution in [0, 0.1) is 0 Å². The van der Waals surface area contributed by atoms with Crippen molar-refractivity contribution in [1.29, 1.82) is 0 Å². The highest BCUT2D eigenvalue weighted by Gasteiger charge is 2.20. The maximum absolute atomic E-state index is 6.46. The molecule has 0 saturated heterocycles. The average molecular weight is 872 g/mol. The minimum absolute atomic E-state index is 0.885. The molecule has 0 aliphatic rings. The lowest BCUT2D eigenvalue weighted by Gasteiger charge is -2.28. The standard InChI is InChI=1S/C64H41NOS/c1-3-14-43(15-4-1)52-36-30-48(38-57(52)44-16-5-2-6-17-44)42-26-32-50(33-27-42)65(51-34-28-45(29-35-51)54-22-13-23-56-55-21-10-12-25-63(55)67-64(54)56)60-24-11-9-20-53(60)49-31-37-61-58(40-49)59-39-46-18-7-8-19-47(46)41-62(59)66-61/h1-41H. The Balaban J connectivity index is 0.940. The molecule has 11 aromatic carbocycles. The van der Waals surface area contributed by atoms with Crippen LogP contribution in [0.3, 0.4) is 0 Å². The van der Waals surface area contributed by atoms with E-state index < -0.39 is 0 Å². The number of hydrogen-bond acceptors (Lipinski definition) is 3. The van der Waals surface area contributed by atoms with Gasteiger partial charge in [-0.05, 0) is 128 Å². The monoisotopic (exact) mass is 871 g/mol. The molecule has 2 heterocycles. The summed E-state index contributed by atoms with van der Waals surface area (Å²) in [6, 6.07) is 90.2. The van der Waals surface area contributed by atoms with Crippen LogP contribution in [0.4, 0.5) is 17.1 Å². The van der Waals surface area contributed by atoms with Crippen molar-refractivity contribution in [3.05, 3.63) is 249 Å². The van der Waals surface area contributed by atoms with Gasteiger partial charge in [0.2, 0.25) is 0 Å². The normalized spacial score (nSPS) is 11.6. The second-order valence-corrected chi connectivity index (χ2v) is 18.3. The highest BCUT2D eigenvalue weighted by molar-refractivity contribution is 7.26. The second kappa shape index (κ2) is 16.2. The second-order valence-electron chi connectivity index (χ2n) is 17.2. The highest BCUT2D eigenvalue weighted by atomic mass is 32.1. The van der Waals surface area contributed by atoms with Gasteiger partial charge in [0.1, 0.15) is 11.2 Å². The SMILES string of the molecule is c1ccc(-c2ccc(-c3ccc(N(c4ccc(-c5cccc6c5sc5ccccc56)cc4)c4ccccc4-c4ccc5oc6cc7ccccc7cc6c5c4)cc3)cc2-c2ccccc2)cc1. The molecule has 3 heteroatoms. The van der Waals surface area contributed by atoms with Gasteiger partial charge in [-0.25, -0.2) is 0 Å². The van der Waals surface area contributed by atoms with E-state index in [-0.39, 0.29) is 0 Å². The summed E-state index contributed by atoms with van der Waals surface area (Å²) < 4.78 is 9.09. The van der Waals surface area contributed by atoms with Crippen molar-refractivity contribution in [2.24, 2.45) is 0 Å². The predicted molar refractivity (Wildman–Crippen MR) is 286 cm³/mol. The summed E-state index contributed by atoms with van der Waals surface area (Å²) in [4.78, 5) is 2.40. The third-order valence-electron chi connectivity index (χ3n) is 13.3. The molecule has 13 rings (SSSR count). The molecule has 0 amide bonds. The molecule has 2 aromatic heterocycles. The summed E-state index contributed by atoms with van der Waals surface area (Å²) in [5.74, 6) is 0. The first-order valence-electron chi connectivity index (χ1n) is 22.8. The molecule has 0 unspecified atom stereocenters. The minimum Gasteiger partial charge on any atom is -0.456 e. The van der Waals surface area contributed by atoms with Gasteiger partial charge in [-0.2, -0.15) is 0 Å². The summed E-state index contributed by atoms with van der Waals surface area (Å²) in [6.45, 7) is 0. The van der Waals surface area contributed by atoms with E-state index in [1.165, 1.54) is 69.9 Å². The first kappa shape index (κ1) is 38.9. The summed E-state index contributed by atoms with van der Waals surface area (Å²) in [5, 5.41) is 7.22. The Kier molecular flexibility index (Phi) is 9.40. The molecule has 0 saturated carbocycles. The van der Waals surface area contributed by atoms with Gasteiger partial charge < -0.3 is 9.32 Å². The fraction of sp³-hybridized carbons (Fsp3) is 0. The number of fused-ring (bicyclic) bond motifs is 7. The summed E-state index contributed by atoms with van der Waals surface area (Å²) in [5.41, 5.74) is 16.9. The van der Waals surface area contributed by atoms with Crippen molar-refractivity contribution >= 4 is 81.3 Å². The number of thiophene rings is 1. The number of furan rings is 1. The third-order valence-corrected chi connectivity index (χ3v) is 14.5. The van der Waals surface area contributed by atoms with Crippen LogP contribution in [0.15, 0.2) is 253 Å². The average Bonchev–Trinajstić information content (AvgIpc) is 3.96. The van der Waals surface area contributed by atoms with E-state index >= 15 is 0 Å². The Morgan fingerprint density at radius 1 is 0.299 bits per heavy atom. The number of nitrogens with zero attached hydrogens (tertiary/aromatic N) is 1. The lowest BCUT2D eigenvalue weighted by molar-refractivity contribution is 0.669. The van der Waals surface area contributed by atoms with Crippen LogP contribution in [-0.4, -0.2) is 0 Å². The molecule has 0 spiro atoms. The Morgan fingerprint density at radius 3 is 1.64 bits per heavy atom. The molecule has 0 aliphatic carbocycles. The molecule has 0 aliphatic heterocycles. The largest absolute Gasteiger partial charge is 0.456 e. The molecule has 0 bridgehead atoms. The van der Waals surface area contributed by atoms with Gasteiger partial charge >= 0.3 is 0 Å². The van der Waals surface area contributed by atoms with Crippen molar-refractivity contribution in [2.45, 2.75) is 0 Å². The van der Waals surface area contributed by atoms with Gasteiger partial charge in [0.05, 0.1) is 5.69 Å². The van der Waals surface area contributed by atoms with Gasteiger partial charge in [0.25, 0.3) is 0 Å². The minimum atomic E-state index is 0.885. The van der Waals surface area contributed by atoms with E-state index in [0.717, 1.165) is 55.7 Å². The first-order valence-corrected chi connectivity index (χ1v) is 23.6. The van der Waals surface area contributed by atoms with Gasteiger partial charge in [-0.15, -0.1) is 11.3 Å². The summed E-state index contributed by atoms with van der Waals surface area (Å²) in [7, 11) is 0. The lowest BCUT2D eigenvalue weighted by Crippen LogP contribution is -2.11. The zero-order valence-corrected chi connectivity index (χ0v) is 37.3. The van der Waals surface area contributed by atoms with Crippen molar-refractivity contribution in [2.75, 3.05) is 4.90 Å². The highest BCUT2D eigenvalue weighted by Crippen LogP contribution is 2.45. The zero-order valence-electron chi connectivity index (χ0n) is 36.4. The van der Waals surface area contributed by atoms with Crippen molar-refractivity contribution in [1.82, 2.24) is 0 Å². The van der Waals surface area contributed by atoms with E-state index in [0.29, 0.717) is 0 Å². The molecule has 0 radical (unpaired) electrons. The fourth-order valence-corrected chi connectivity index (χ4v) is 11.2. The van der Waals surface area contributed by atoms with E-state index in [9.17, 15) is 0 Å². The van der Waals surface area contributed by atoms with Gasteiger partial charge in [0, 0.05) is 47.9 Å². The van der Waals surface area contributed by atoms with Crippen LogP contribution in [-0.2, 0) is 0 Å². The number of rotatable bonds is 8. The van der Waals surface area contributed by atoms with Crippen LogP contribution < -0.4 is 4.90 Å². The molecule has 67 heavy (non-hydrogen) atoms. The molecule has 13 aromatic rings. The Labute approximate surface area is 392 Å². The topological polar surface area (TPSA) is 16.4 Å². The number of anilines is 3. The van der Waals surface area contributed by atoms with E-state index in [2.05, 4.69) is 254 Å². The molecule has 0 N–H and O–H groups in total. The van der Waals surface area contributed by atoms with Crippen LogP contribution in [0.25, 0.3) is 109 Å². The van der Waals surface area contributed by atoms with E-state index in [1.807, 2.05) is 11.3 Å². The molecule has 2 nitrogen and oxygen atoms in total. The van der Waals surface area contributed by atoms with Crippen molar-refractivity contribution < 1.29 is 4.42 Å². The Bertz CT molecular complexity index is 3960. The number of hydrogen-bond donors (Lipinski definition) is 0. The molecule has 0 atom stereocenters. The molecule has 314 valence electrons. The maximum atomic E-state index is 6.46. The van der Waals surface area contributed by atoms with Gasteiger partial charge in [-0.3, -0.25) is 0 Å². The number of benzene rings is 11. The van der Waals surface area contributed by atoms with E-state index in [1.54, 1.807) is 0 Å². The van der Waals surface area contributed by atoms with E-state index in [4.69, 9.17) is 4.42 Å². The first-order chi connectivity index (χ1) is 33.2. The molecular formula is C64H41NOS. The summed E-state index contributed by atoms with van der Waals surface area (Å²) >= 11 is 1.87. The maximum Gasteiger partial charge on any atom is 0.136 e. The quantitative estimate of drug-likeness (QED) is 0.151. The van der Waals surface area contributed by atoms with Crippen LogP contribution in [0.1, 0.15) is 0 Å². The van der Waals surface area contributed by atoms with Crippen LogP contribution in [0.2, 0.25) is 0 Å². The smallest absolute Gasteiger partial charge is 0.136 e. The zero-order chi connectivity index (χ0) is 44.3. The Morgan fingerprint density at radius 2 is 0.866 bits per heavy atom. The van der Waals surface area contributed by atoms with Crippen molar-refractivity contribution in [3.63, 3.8) is 0 Å². The van der Waals surface area contributed by atoms with Crippen molar-refractivity contribution in [3.8, 4) is 55.6 Å². The molecule has 0 fully saturated rings. The predicted octanol–water partition coefficient (Wildman–Crippen LogP) is 18.9. The fourth-order valence-electron chi connectivity index (χ4n) is 9.99. The van der Waals surface area contributed by atoms with Crippen LogP contribution in [0.5, 0.6) is 0 Å². The summed E-state index contributed by atoms with van der Waals surface area (Å²) in [6.07, 6.45) is 0. The Hall–Kier alpha value is -8.50. The third kappa shape index (κ3) is 6.88. The molecular weight excluding hydrogens is 831 g/mol. The number of para-hydroxylation sites is 1. The van der Waals surface area contributed by atoms with Crippen LogP contribution >= 0.6 is 11.3 Å².